The summed E-state index contributed by atoms with van der Waals surface area (Å²) in [7, 11) is 0. The van der Waals surface area contributed by atoms with Crippen molar-refractivity contribution in [2.24, 2.45) is 5.92 Å². The van der Waals surface area contributed by atoms with Crippen molar-refractivity contribution in [1.82, 2.24) is 5.32 Å². The topological polar surface area (TPSA) is 30.5 Å². The molecule has 0 spiro atoms. The first-order chi connectivity index (χ1) is 6.86. The quantitative estimate of drug-likeness (QED) is 0.724. The molecule has 0 saturated carbocycles. The lowest BCUT2D eigenvalue weighted by Crippen LogP contribution is -2.44. The molecule has 14 heavy (non-hydrogen) atoms. The van der Waals surface area contributed by atoms with Crippen molar-refractivity contribution < 1.29 is 9.47 Å². The maximum Gasteiger partial charge on any atom is 0.0813 e. The Hall–Kier alpha value is -0.120. The van der Waals surface area contributed by atoms with Gasteiger partial charge in [0.05, 0.1) is 18.8 Å². The lowest BCUT2D eigenvalue weighted by molar-refractivity contribution is -0.103. The van der Waals surface area contributed by atoms with Crippen molar-refractivity contribution >= 4 is 0 Å². The molecule has 2 aliphatic heterocycles. The first kappa shape index (κ1) is 10.4. The van der Waals surface area contributed by atoms with E-state index in [0.29, 0.717) is 18.1 Å². The molecule has 3 atom stereocenters. The summed E-state index contributed by atoms with van der Waals surface area (Å²) in [6.07, 6.45) is 4.30. The Bertz CT molecular complexity index is 169. The van der Waals surface area contributed by atoms with Crippen LogP contribution in [0.15, 0.2) is 0 Å². The molecule has 2 aliphatic rings. The van der Waals surface area contributed by atoms with Crippen LogP contribution in [-0.4, -0.2) is 38.5 Å². The highest BCUT2D eigenvalue weighted by atomic mass is 16.5. The summed E-state index contributed by atoms with van der Waals surface area (Å²) in [5, 5.41) is 3.39. The monoisotopic (exact) mass is 199 g/mol. The lowest BCUT2D eigenvalue weighted by Gasteiger charge is -2.34. The van der Waals surface area contributed by atoms with Crippen molar-refractivity contribution in [2.75, 3.05) is 26.3 Å². The van der Waals surface area contributed by atoms with E-state index < -0.39 is 0 Å². The van der Waals surface area contributed by atoms with E-state index in [9.17, 15) is 0 Å². The van der Waals surface area contributed by atoms with Crippen LogP contribution in [0.4, 0.5) is 0 Å². The molecule has 82 valence electrons. The molecule has 0 bridgehead atoms. The number of nitrogens with one attached hydrogen (secondary N) is 1. The average Bonchev–Trinajstić information content (AvgIpc) is 2.23. The van der Waals surface area contributed by atoms with Gasteiger partial charge in [-0.3, -0.25) is 0 Å². The van der Waals surface area contributed by atoms with Gasteiger partial charge in [0.1, 0.15) is 0 Å². The van der Waals surface area contributed by atoms with Gasteiger partial charge in [0.2, 0.25) is 0 Å². The minimum Gasteiger partial charge on any atom is -0.379 e. The van der Waals surface area contributed by atoms with E-state index in [4.69, 9.17) is 9.47 Å². The molecule has 0 amide bonds. The molecule has 0 aromatic carbocycles. The summed E-state index contributed by atoms with van der Waals surface area (Å²) in [5.41, 5.74) is 0. The van der Waals surface area contributed by atoms with E-state index in [1.54, 1.807) is 0 Å². The predicted molar refractivity (Wildman–Crippen MR) is 55.4 cm³/mol. The van der Waals surface area contributed by atoms with Crippen LogP contribution < -0.4 is 5.32 Å². The highest BCUT2D eigenvalue weighted by Crippen LogP contribution is 2.19. The van der Waals surface area contributed by atoms with E-state index in [0.717, 1.165) is 32.7 Å². The predicted octanol–water partition coefficient (Wildman–Crippen LogP) is 1.18. The minimum absolute atomic E-state index is 0.344. The van der Waals surface area contributed by atoms with Crippen molar-refractivity contribution in [3.05, 3.63) is 0 Å². The highest BCUT2D eigenvalue weighted by molar-refractivity contribution is 4.77. The summed E-state index contributed by atoms with van der Waals surface area (Å²) in [4.78, 5) is 0. The summed E-state index contributed by atoms with van der Waals surface area (Å²) in [5.74, 6) is 0.693. The Kier molecular flexibility index (Phi) is 3.79. The summed E-state index contributed by atoms with van der Waals surface area (Å²) in [6, 6.07) is 0. The molecule has 3 unspecified atom stereocenters. The zero-order valence-electron chi connectivity index (χ0n) is 9.00. The van der Waals surface area contributed by atoms with Gasteiger partial charge in [-0.15, -0.1) is 0 Å². The van der Waals surface area contributed by atoms with E-state index >= 15 is 0 Å². The van der Waals surface area contributed by atoms with Crippen molar-refractivity contribution in [3.8, 4) is 0 Å². The fraction of sp³-hybridized carbons (Fsp3) is 1.00. The van der Waals surface area contributed by atoms with Gasteiger partial charge < -0.3 is 14.8 Å². The summed E-state index contributed by atoms with van der Waals surface area (Å²) >= 11 is 0. The van der Waals surface area contributed by atoms with Crippen LogP contribution in [0.1, 0.15) is 26.2 Å². The number of hydrogen-bond donors (Lipinski definition) is 1. The lowest BCUT2D eigenvalue weighted by atomic mass is 9.97. The van der Waals surface area contributed by atoms with Gasteiger partial charge in [-0.25, -0.2) is 0 Å². The van der Waals surface area contributed by atoms with Crippen LogP contribution in [0.25, 0.3) is 0 Å². The zero-order valence-corrected chi connectivity index (χ0v) is 9.00. The third-order valence-electron chi connectivity index (χ3n) is 3.24. The van der Waals surface area contributed by atoms with Crippen LogP contribution in [0, 0.1) is 5.92 Å². The van der Waals surface area contributed by atoms with Crippen molar-refractivity contribution in [3.63, 3.8) is 0 Å². The fourth-order valence-electron chi connectivity index (χ4n) is 2.21. The third-order valence-corrected chi connectivity index (χ3v) is 3.24. The largest absolute Gasteiger partial charge is 0.379 e. The molecular weight excluding hydrogens is 178 g/mol. The second kappa shape index (κ2) is 5.10. The summed E-state index contributed by atoms with van der Waals surface area (Å²) < 4.78 is 11.5. The molecule has 0 aromatic heterocycles. The molecule has 2 heterocycles. The number of rotatable bonds is 2. The molecule has 3 heteroatoms. The summed E-state index contributed by atoms with van der Waals surface area (Å²) in [6.45, 7) is 6.15. The first-order valence-electron chi connectivity index (χ1n) is 5.80. The second-order valence-corrected chi connectivity index (χ2v) is 4.48. The SMILES string of the molecule is CC1CCNCC1OC1CCCOC1. The van der Waals surface area contributed by atoms with E-state index in [2.05, 4.69) is 12.2 Å². The Morgan fingerprint density at radius 2 is 2.29 bits per heavy atom. The Morgan fingerprint density at radius 1 is 1.36 bits per heavy atom. The molecule has 0 aliphatic carbocycles. The molecule has 0 aromatic rings. The minimum atomic E-state index is 0.344. The van der Waals surface area contributed by atoms with Gasteiger partial charge in [0.15, 0.2) is 0 Å². The normalized spacial score (nSPS) is 39.6. The van der Waals surface area contributed by atoms with E-state index in [1.807, 2.05) is 0 Å². The van der Waals surface area contributed by atoms with Gasteiger partial charge in [-0.05, 0) is 31.7 Å². The number of ether oxygens (including phenoxy) is 2. The Morgan fingerprint density at radius 3 is 3.00 bits per heavy atom. The Balaban J connectivity index is 1.76. The maximum absolute atomic E-state index is 6.06. The molecule has 2 saturated heterocycles. The fourth-order valence-corrected chi connectivity index (χ4v) is 2.21. The van der Waals surface area contributed by atoms with Crippen molar-refractivity contribution in [1.29, 1.82) is 0 Å². The molecule has 3 nitrogen and oxygen atoms in total. The van der Waals surface area contributed by atoms with E-state index in [1.165, 1.54) is 12.8 Å². The molecule has 0 radical (unpaired) electrons. The highest BCUT2D eigenvalue weighted by Gasteiger charge is 2.25. The van der Waals surface area contributed by atoms with Gasteiger partial charge in [0.25, 0.3) is 0 Å². The van der Waals surface area contributed by atoms with Crippen LogP contribution in [0.5, 0.6) is 0 Å². The van der Waals surface area contributed by atoms with Gasteiger partial charge in [-0.2, -0.15) is 0 Å². The smallest absolute Gasteiger partial charge is 0.0813 e. The molecule has 2 rings (SSSR count). The van der Waals surface area contributed by atoms with Crippen LogP contribution >= 0.6 is 0 Å². The van der Waals surface area contributed by atoms with Crippen molar-refractivity contribution in [2.45, 2.75) is 38.4 Å². The van der Waals surface area contributed by atoms with Gasteiger partial charge in [-0.1, -0.05) is 6.92 Å². The molecular formula is C11H21NO2. The van der Waals surface area contributed by atoms with Crippen LogP contribution in [0.3, 0.4) is 0 Å². The number of hydrogen-bond acceptors (Lipinski definition) is 3. The third kappa shape index (κ3) is 2.69. The maximum atomic E-state index is 6.06. The average molecular weight is 199 g/mol. The Labute approximate surface area is 86.2 Å². The first-order valence-corrected chi connectivity index (χ1v) is 5.80. The van der Waals surface area contributed by atoms with E-state index in [-0.39, 0.29) is 0 Å². The zero-order chi connectivity index (χ0) is 9.80. The standard InChI is InChI=1S/C11H21NO2/c1-9-4-5-12-7-11(9)14-10-3-2-6-13-8-10/h9-12H,2-8H2,1H3. The molecule has 2 fully saturated rings. The van der Waals surface area contributed by atoms with Gasteiger partial charge >= 0.3 is 0 Å². The van der Waals surface area contributed by atoms with Crippen LogP contribution in [-0.2, 0) is 9.47 Å². The number of piperidine rings is 1. The molecule has 1 N–H and O–H groups in total. The van der Waals surface area contributed by atoms with Crippen LogP contribution in [0.2, 0.25) is 0 Å². The second-order valence-electron chi connectivity index (χ2n) is 4.48. The van der Waals surface area contributed by atoms with Gasteiger partial charge in [0, 0.05) is 13.2 Å².